The molecule has 8 heteroatoms. The third kappa shape index (κ3) is 3.84. The van der Waals surface area contributed by atoms with Gasteiger partial charge in [0.25, 0.3) is 0 Å². The van der Waals surface area contributed by atoms with Crippen molar-refractivity contribution in [2.75, 3.05) is 31.2 Å². The van der Waals surface area contributed by atoms with Gasteiger partial charge in [0.05, 0.1) is 11.5 Å². The lowest BCUT2D eigenvalue weighted by Crippen LogP contribution is -2.54. The molecule has 1 saturated carbocycles. The van der Waals surface area contributed by atoms with Gasteiger partial charge in [0.15, 0.2) is 11.5 Å². The van der Waals surface area contributed by atoms with E-state index < -0.39 is 0 Å². The number of hydrogen-bond donors (Lipinski definition) is 2. The van der Waals surface area contributed by atoms with Gasteiger partial charge in [-0.1, -0.05) is 0 Å². The van der Waals surface area contributed by atoms with Gasteiger partial charge in [-0.05, 0) is 37.8 Å². The average Bonchev–Trinajstić information content (AvgIpc) is 3.44. The Hall–Kier alpha value is -1.99. The SMILES string of the molecule is CC(CN)(NC(=O)C1CC(=O)N(c2ccc3c(c2)OCCO3)C1)C1CC1.Cl. The van der Waals surface area contributed by atoms with Gasteiger partial charge >= 0.3 is 0 Å². The molecule has 1 aromatic carbocycles. The maximum absolute atomic E-state index is 12.7. The van der Waals surface area contributed by atoms with Crippen LogP contribution in [0.15, 0.2) is 18.2 Å². The minimum Gasteiger partial charge on any atom is -0.486 e. The van der Waals surface area contributed by atoms with Gasteiger partial charge in [0.2, 0.25) is 11.8 Å². The van der Waals surface area contributed by atoms with Crippen molar-refractivity contribution in [2.24, 2.45) is 17.6 Å². The van der Waals surface area contributed by atoms with E-state index in [9.17, 15) is 9.59 Å². The first-order valence-electron chi connectivity index (χ1n) is 9.22. The molecule has 0 bridgehead atoms. The molecule has 3 N–H and O–H groups in total. The average molecular weight is 396 g/mol. The van der Waals surface area contributed by atoms with Crippen LogP contribution in [0.3, 0.4) is 0 Å². The van der Waals surface area contributed by atoms with Gasteiger partial charge in [-0.3, -0.25) is 9.59 Å². The molecule has 1 saturated heterocycles. The molecule has 2 fully saturated rings. The van der Waals surface area contributed by atoms with Crippen LogP contribution in [0.1, 0.15) is 26.2 Å². The molecule has 7 nitrogen and oxygen atoms in total. The fourth-order valence-corrected chi connectivity index (χ4v) is 3.76. The number of hydrogen-bond acceptors (Lipinski definition) is 5. The van der Waals surface area contributed by atoms with Gasteiger partial charge in [-0.15, -0.1) is 12.4 Å². The quantitative estimate of drug-likeness (QED) is 0.787. The predicted octanol–water partition coefficient (Wildman–Crippen LogP) is 1.48. The van der Waals surface area contributed by atoms with E-state index in [1.807, 2.05) is 19.1 Å². The lowest BCUT2D eigenvalue weighted by molar-refractivity contribution is -0.128. The van der Waals surface area contributed by atoms with E-state index in [1.54, 1.807) is 11.0 Å². The van der Waals surface area contributed by atoms with E-state index in [-0.39, 0.29) is 42.1 Å². The monoisotopic (exact) mass is 395 g/mol. The topological polar surface area (TPSA) is 93.9 Å². The number of carbonyl (C=O) groups is 2. The normalized spacial score (nSPS) is 23.4. The molecule has 27 heavy (non-hydrogen) atoms. The van der Waals surface area contributed by atoms with Gasteiger partial charge in [0.1, 0.15) is 13.2 Å². The number of nitrogens with two attached hydrogens (primary N) is 1. The number of anilines is 1. The Morgan fingerprint density at radius 3 is 2.67 bits per heavy atom. The van der Waals surface area contributed by atoms with Crippen LogP contribution in [0.2, 0.25) is 0 Å². The molecule has 2 heterocycles. The zero-order chi connectivity index (χ0) is 18.3. The number of nitrogens with one attached hydrogen (secondary N) is 1. The van der Waals surface area contributed by atoms with Crippen molar-refractivity contribution in [1.82, 2.24) is 5.32 Å². The predicted molar refractivity (Wildman–Crippen MR) is 103 cm³/mol. The third-order valence-electron chi connectivity index (χ3n) is 5.64. The van der Waals surface area contributed by atoms with Gasteiger partial charge < -0.3 is 25.4 Å². The van der Waals surface area contributed by atoms with Crippen LogP contribution in [0, 0.1) is 11.8 Å². The maximum atomic E-state index is 12.7. The summed E-state index contributed by atoms with van der Waals surface area (Å²) in [5.74, 6) is 1.27. The minimum absolute atomic E-state index is 0. The Balaban J connectivity index is 0.00000210. The number of rotatable bonds is 5. The largest absolute Gasteiger partial charge is 0.486 e. The second-order valence-corrected chi connectivity index (χ2v) is 7.62. The van der Waals surface area contributed by atoms with Crippen LogP contribution in [0.25, 0.3) is 0 Å². The third-order valence-corrected chi connectivity index (χ3v) is 5.64. The first kappa shape index (κ1) is 19.8. The number of ether oxygens (including phenoxy) is 2. The summed E-state index contributed by atoms with van der Waals surface area (Å²) in [6.07, 6.45) is 2.41. The molecule has 0 aromatic heterocycles. The van der Waals surface area contributed by atoms with Gasteiger partial charge in [0, 0.05) is 31.3 Å². The molecular formula is C19H26ClN3O4. The number of nitrogens with zero attached hydrogens (tertiary/aromatic N) is 1. The van der Waals surface area contributed by atoms with Gasteiger partial charge in [-0.25, -0.2) is 0 Å². The molecule has 1 aromatic rings. The molecule has 1 aliphatic carbocycles. The summed E-state index contributed by atoms with van der Waals surface area (Å²) in [6, 6.07) is 5.45. The van der Waals surface area contributed by atoms with E-state index in [0.717, 1.165) is 18.5 Å². The first-order valence-corrected chi connectivity index (χ1v) is 9.22. The zero-order valence-electron chi connectivity index (χ0n) is 15.4. The summed E-state index contributed by atoms with van der Waals surface area (Å²) in [5, 5.41) is 3.10. The van der Waals surface area contributed by atoms with Crippen molar-refractivity contribution in [3.63, 3.8) is 0 Å². The molecule has 2 aliphatic heterocycles. The molecule has 4 rings (SSSR count). The van der Waals surface area contributed by atoms with Crippen molar-refractivity contribution in [3.8, 4) is 11.5 Å². The molecule has 2 amide bonds. The van der Waals surface area contributed by atoms with E-state index >= 15 is 0 Å². The Morgan fingerprint density at radius 2 is 2.00 bits per heavy atom. The first-order chi connectivity index (χ1) is 12.5. The number of amides is 2. The van der Waals surface area contributed by atoms with Crippen molar-refractivity contribution < 1.29 is 19.1 Å². The number of benzene rings is 1. The maximum Gasteiger partial charge on any atom is 0.227 e. The van der Waals surface area contributed by atoms with Crippen LogP contribution in [-0.2, 0) is 9.59 Å². The summed E-state index contributed by atoms with van der Waals surface area (Å²) < 4.78 is 11.1. The molecule has 2 unspecified atom stereocenters. The summed E-state index contributed by atoms with van der Waals surface area (Å²) in [6.45, 7) is 3.80. The number of fused-ring (bicyclic) bond motifs is 1. The molecule has 148 valence electrons. The van der Waals surface area contributed by atoms with Gasteiger partial charge in [-0.2, -0.15) is 0 Å². The highest BCUT2D eigenvalue weighted by Crippen LogP contribution is 2.40. The Bertz CT molecular complexity index is 740. The standard InChI is InChI=1S/C19H25N3O4.ClH/c1-19(11-20,13-2-3-13)21-18(24)12-8-17(23)22(10-12)14-4-5-15-16(9-14)26-7-6-25-15;/h4-5,9,12-13H,2-3,6-8,10-11,20H2,1H3,(H,21,24);1H. The highest BCUT2D eigenvalue weighted by molar-refractivity contribution is 6.00. The Labute approximate surface area is 165 Å². The van der Waals surface area contributed by atoms with E-state index in [4.69, 9.17) is 15.2 Å². The summed E-state index contributed by atoms with van der Waals surface area (Å²) in [5.41, 5.74) is 6.25. The van der Waals surface area contributed by atoms with Crippen LogP contribution >= 0.6 is 12.4 Å². The smallest absolute Gasteiger partial charge is 0.227 e. The summed E-state index contributed by atoms with van der Waals surface area (Å²) in [7, 11) is 0. The number of halogens is 1. The van der Waals surface area contributed by atoms with E-state index in [1.165, 1.54) is 0 Å². The van der Waals surface area contributed by atoms with E-state index in [0.29, 0.717) is 43.7 Å². The van der Waals surface area contributed by atoms with Crippen LogP contribution in [-0.4, -0.2) is 43.7 Å². The molecule has 2 atom stereocenters. The number of carbonyl (C=O) groups excluding carboxylic acids is 2. The van der Waals surface area contributed by atoms with Crippen molar-refractivity contribution in [2.45, 2.75) is 31.7 Å². The highest BCUT2D eigenvalue weighted by atomic mass is 35.5. The fraction of sp³-hybridized carbons (Fsp3) is 0.579. The van der Waals surface area contributed by atoms with Crippen molar-refractivity contribution >= 4 is 29.9 Å². The summed E-state index contributed by atoms with van der Waals surface area (Å²) >= 11 is 0. The molecular weight excluding hydrogens is 370 g/mol. The second kappa shape index (κ2) is 7.56. The lowest BCUT2D eigenvalue weighted by Gasteiger charge is -2.30. The van der Waals surface area contributed by atoms with Crippen LogP contribution in [0.4, 0.5) is 5.69 Å². The zero-order valence-corrected chi connectivity index (χ0v) is 16.2. The molecule has 0 radical (unpaired) electrons. The van der Waals surface area contributed by atoms with Crippen molar-refractivity contribution in [3.05, 3.63) is 18.2 Å². The van der Waals surface area contributed by atoms with Crippen LogP contribution in [0.5, 0.6) is 11.5 Å². The highest BCUT2D eigenvalue weighted by Gasteiger charge is 2.44. The fourth-order valence-electron chi connectivity index (χ4n) is 3.76. The lowest BCUT2D eigenvalue weighted by atomic mass is 9.94. The van der Waals surface area contributed by atoms with Crippen molar-refractivity contribution in [1.29, 1.82) is 0 Å². The van der Waals surface area contributed by atoms with E-state index in [2.05, 4.69) is 5.32 Å². The summed E-state index contributed by atoms with van der Waals surface area (Å²) in [4.78, 5) is 26.9. The minimum atomic E-state index is -0.370. The molecule has 0 spiro atoms. The Morgan fingerprint density at radius 1 is 1.30 bits per heavy atom. The van der Waals surface area contributed by atoms with Crippen LogP contribution < -0.4 is 25.4 Å². The second-order valence-electron chi connectivity index (χ2n) is 7.62. The Kier molecular flexibility index (Phi) is 5.53. The molecule has 3 aliphatic rings.